The van der Waals surface area contributed by atoms with E-state index in [1.807, 2.05) is 46.2 Å². The molecule has 14 rings (SSSR count). The highest BCUT2D eigenvalue weighted by molar-refractivity contribution is 5.91. The largest absolute Gasteiger partial charge is 0.310 e. The average Bonchev–Trinajstić information content (AvgIpc) is 1.58. The van der Waals surface area contributed by atoms with Crippen molar-refractivity contribution in [3.63, 3.8) is 0 Å². The zero-order valence-electron chi connectivity index (χ0n) is 50.5. The summed E-state index contributed by atoms with van der Waals surface area (Å²) in [7, 11) is 0. The Morgan fingerprint density at radius 3 is 0.511 bits per heavy atom. The second-order valence-electron chi connectivity index (χ2n) is 24.0. The van der Waals surface area contributed by atoms with Crippen LogP contribution in [0.3, 0.4) is 0 Å². The van der Waals surface area contributed by atoms with Crippen molar-refractivity contribution in [1.82, 2.24) is 0 Å². The Bertz CT molecular complexity index is 3820. The zero-order chi connectivity index (χ0) is 62.6. The maximum absolute atomic E-state index is 13.9. The third-order valence-electron chi connectivity index (χ3n) is 17.4. The fourth-order valence-corrected chi connectivity index (χ4v) is 12.7. The maximum Gasteiger partial charge on any atom is 0.123 e. The molecule has 10 heteroatoms. The first-order chi connectivity index (χ1) is 43.4. The molecule has 12 aromatic rings. The Labute approximate surface area is 521 Å². The van der Waals surface area contributed by atoms with Gasteiger partial charge in [0, 0.05) is 79.1 Å². The van der Waals surface area contributed by atoms with Crippen LogP contribution in [0, 0.1) is 48.8 Å². The van der Waals surface area contributed by atoms with E-state index in [2.05, 4.69) is 161 Å². The minimum absolute atomic E-state index is 0.260. The van der Waals surface area contributed by atoms with Gasteiger partial charge in [0.1, 0.15) is 34.9 Å². The second kappa shape index (κ2) is 23.5. The lowest BCUT2D eigenvalue weighted by molar-refractivity contribution is 0.627. The molecule has 444 valence electrons. The molecule has 0 spiro atoms. The van der Waals surface area contributed by atoms with Gasteiger partial charge in [-0.2, -0.15) is 0 Å². The van der Waals surface area contributed by atoms with Gasteiger partial charge < -0.3 is 19.6 Å². The summed E-state index contributed by atoms with van der Waals surface area (Å²) in [6.07, 6.45) is 0. The molecule has 0 aliphatic heterocycles. The molecule has 2 aliphatic carbocycles. The van der Waals surface area contributed by atoms with E-state index in [4.69, 9.17) is 0 Å². The van der Waals surface area contributed by atoms with E-state index >= 15 is 0 Å². The molecule has 0 atom stereocenters. The summed E-state index contributed by atoms with van der Waals surface area (Å²) >= 11 is 0. The first kappa shape index (κ1) is 58.4. The van der Waals surface area contributed by atoms with Crippen LogP contribution in [0.1, 0.15) is 61.1 Å². The van der Waals surface area contributed by atoms with Gasteiger partial charge >= 0.3 is 0 Å². The standard InChI is InChI=1S/C41H34F2N2.C39H28F4N2/c1-27-5-13-31(14-6-27)44(33-17-9-29(42)10-18-33)35-21-23-37-38-24-22-36(26-40(38)41(3,4)39(37)25-35)45(32-15-7-28(2)8-16-32)34-19-11-30(43)12-20-34;1-39(2)37-23-33(44(29-11-3-25(40)4-12-29)30-13-5-26(41)6-14-30)19-21-35(37)36-22-20-34(24-38(36)39)45(31-15-7-27(42)8-16-31)32-17-9-28(43)10-18-32/h5-26H,1-4H3;3-24H,1-2H3. The van der Waals surface area contributed by atoms with Crippen LogP contribution in [-0.2, 0) is 10.8 Å². The van der Waals surface area contributed by atoms with Crippen molar-refractivity contribution >= 4 is 68.2 Å². The molecule has 0 fully saturated rings. The van der Waals surface area contributed by atoms with Gasteiger partial charge in [0.05, 0.1) is 0 Å². The highest BCUT2D eigenvalue weighted by Gasteiger charge is 2.39. The van der Waals surface area contributed by atoms with Gasteiger partial charge in [-0.1, -0.05) is 87.4 Å². The van der Waals surface area contributed by atoms with E-state index in [1.54, 1.807) is 48.5 Å². The van der Waals surface area contributed by atoms with Crippen molar-refractivity contribution in [3.05, 3.63) is 335 Å². The lowest BCUT2D eigenvalue weighted by atomic mass is 9.82. The van der Waals surface area contributed by atoms with Gasteiger partial charge in [-0.15, -0.1) is 0 Å². The molecule has 0 unspecified atom stereocenters. The van der Waals surface area contributed by atoms with E-state index in [1.165, 1.54) is 106 Å². The highest BCUT2D eigenvalue weighted by atomic mass is 19.1. The van der Waals surface area contributed by atoms with Crippen molar-refractivity contribution in [2.24, 2.45) is 0 Å². The number of aryl methyl sites for hydroxylation is 2. The molecule has 0 saturated heterocycles. The smallest absolute Gasteiger partial charge is 0.123 e. The number of halogens is 6. The Balaban J connectivity index is 0.000000165. The summed E-state index contributed by atoms with van der Waals surface area (Å²) < 4.78 is 83.4. The summed E-state index contributed by atoms with van der Waals surface area (Å²) in [5.41, 5.74) is 21.4. The van der Waals surface area contributed by atoms with Crippen molar-refractivity contribution in [1.29, 1.82) is 0 Å². The quantitative estimate of drug-likeness (QED) is 0.113. The lowest BCUT2D eigenvalue weighted by Crippen LogP contribution is -2.17. The predicted octanol–water partition coefficient (Wildman–Crippen LogP) is 23.3. The third-order valence-corrected chi connectivity index (χ3v) is 17.4. The fourth-order valence-electron chi connectivity index (χ4n) is 12.7. The average molecular weight is 1190 g/mol. The summed E-state index contributed by atoms with van der Waals surface area (Å²) in [4.78, 5) is 8.32. The van der Waals surface area contributed by atoms with E-state index in [0.29, 0.717) is 0 Å². The monoisotopic (exact) mass is 1190 g/mol. The van der Waals surface area contributed by atoms with Crippen molar-refractivity contribution in [3.8, 4) is 22.3 Å². The SMILES string of the molecule is CC1(C)c2cc(N(c3ccc(F)cc3)c3ccc(F)cc3)ccc2-c2ccc(N(c3ccc(F)cc3)c3ccc(F)cc3)cc21.Cc1ccc(N(c2ccc(F)cc2)c2ccc3c(c2)C(C)(C)c2cc(N(c4ccc(C)cc4)c4ccc(F)cc4)ccc2-3)cc1. The zero-order valence-corrected chi connectivity index (χ0v) is 50.5. The number of hydrogen-bond donors (Lipinski definition) is 0. The predicted molar refractivity (Wildman–Crippen MR) is 356 cm³/mol. The lowest BCUT2D eigenvalue weighted by Gasteiger charge is -2.29. The Kier molecular flexibility index (Phi) is 15.3. The Hall–Kier alpha value is -10.6. The van der Waals surface area contributed by atoms with Crippen LogP contribution in [0.2, 0.25) is 0 Å². The van der Waals surface area contributed by atoms with E-state index in [-0.39, 0.29) is 40.3 Å². The van der Waals surface area contributed by atoms with E-state index in [0.717, 1.165) is 90.5 Å². The Morgan fingerprint density at radius 1 is 0.200 bits per heavy atom. The third kappa shape index (κ3) is 11.1. The minimum Gasteiger partial charge on any atom is -0.310 e. The topological polar surface area (TPSA) is 13.0 Å². The molecule has 0 N–H and O–H groups in total. The number of benzene rings is 12. The van der Waals surface area contributed by atoms with Crippen LogP contribution in [-0.4, -0.2) is 0 Å². The van der Waals surface area contributed by atoms with Gasteiger partial charge in [0.2, 0.25) is 0 Å². The molecule has 12 aromatic carbocycles. The van der Waals surface area contributed by atoms with Crippen LogP contribution in [0.25, 0.3) is 22.3 Å². The number of anilines is 12. The number of rotatable bonds is 12. The summed E-state index contributed by atoms with van der Waals surface area (Å²) in [6, 6.07) is 80.8. The van der Waals surface area contributed by atoms with E-state index < -0.39 is 5.41 Å². The maximum atomic E-state index is 13.9. The Morgan fingerprint density at radius 2 is 0.344 bits per heavy atom. The molecule has 4 nitrogen and oxygen atoms in total. The normalized spacial score (nSPS) is 12.8. The molecule has 90 heavy (non-hydrogen) atoms. The number of hydrogen-bond acceptors (Lipinski definition) is 4. The van der Waals surface area contributed by atoms with Crippen LogP contribution >= 0.6 is 0 Å². The van der Waals surface area contributed by atoms with Crippen LogP contribution in [0.5, 0.6) is 0 Å². The van der Waals surface area contributed by atoms with Gasteiger partial charge in [0.15, 0.2) is 0 Å². The van der Waals surface area contributed by atoms with Crippen LogP contribution < -0.4 is 19.6 Å². The molecule has 0 aromatic heterocycles. The van der Waals surface area contributed by atoms with Crippen molar-refractivity contribution in [2.75, 3.05) is 19.6 Å². The number of fused-ring (bicyclic) bond motifs is 6. The van der Waals surface area contributed by atoms with Gasteiger partial charge in [-0.25, -0.2) is 26.3 Å². The molecule has 0 amide bonds. The number of nitrogens with zero attached hydrogens (tertiary/aromatic N) is 4. The van der Waals surface area contributed by atoms with Crippen molar-refractivity contribution in [2.45, 2.75) is 52.4 Å². The first-order valence-electron chi connectivity index (χ1n) is 29.8. The molecule has 0 heterocycles. The van der Waals surface area contributed by atoms with Crippen LogP contribution in [0.15, 0.2) is 267 Å². The molecular weight excluding hydrogens is 1130 g/mol. The van der Waals surface area contributed by atoms with Crippen LogP contribution in [0.4, 0.5) is 94.6 Å². The van der Waals surface area contributed by atoms with Gasteiger partial charge in [-0.05, 0) is 277 Å². The highest BCUT2D eigenvalue weighted by Crippen LogP contribution is 2.55. The summed E-state index contributed by atoms with van der Waals surface area (Å²) in [6.45, 7) is 13.0. The van der Waals surface area contributed by atoms with Crippen molar-refractivity contribution < 1.29 is 26.3 Å². The second-order valence-corrected chi connectivity index (χ2v) is 24.0. The first-order valence-corrected chi connectivity index (χ1v) is 29.8. The molecule has 0 saturated carbocycles. The summed E-state index contributed by atoms with van der Waals surface area (Å²) in [5, 5.41) is 0. The fraction of sp³-hybridized carbons (Fsp3) is 0.100. The molecule has 0 radical (unpaired) electrons. The summed E-state index contributed by atoms with van der Waals surface area (Å²) in [5.74, 6) is -1.87. The molecular formula is C80H62F6N4. The molecule has 2 aliphatic rings. The molecule has 0 bridgehead atoms. The van der Waals surface area contributed by atoms with Gasteiger partial charge in [0.25, 0.3) is 0 Å². The minimum atomic E-state index is -0.411. The van der Waals surface area contributed by atoms with Gasteiger partial charge in [-0.3, -0.25) is 0 Å². The van der Waals surface area contributed by atoms with E-state index in [9.17, 15) is 26.3 Å².